The van der Waals surface area contributed by atoms with E-state index in [1.165, 1.54) is 19.1 Å². The summed E-state index contributed by atoms with van der Waals surface area (Å²) in [6, 6.07) is 3.01. The third-order valence-corrected chi connectivity index (χ3v) is 2.80. The quantitative estimate of drug-likeness (QED) is 0.489. The first kappa shape index (κ1) is 11.4. The highest BCUT2D eigenvalue weighted by Crippen LogP contribution is 2.35. The maximum absolute atomic E-state index is 11.2. The largest absolute Gasteiger partial charge is 0.507 e. The van der Waals surface area contributed by atoms with Gasteiger partial charge in [-0.15, -0.1) is 0 Å². The van der Waals surface area contributed by atoms with Crippen molar-refractivity contribution >= 4 is 12.1 Å². The smallest absolute Gasteiger partial charge is 0.163 e. The molecule has 1 N–H and O–H groups in total. The van der Waals surface area contributed by atoms with Crippen molar-refractivity contribution in [1.29, 1.82) is 0 Å². The van der Waals surface area contributed by atoms with Crippen LogP contribution in [0.4, 0.5) is 0 Å². The molecule has 88 valence electrons. The number of phenols is 1. The van der Waals surface area contributed by atoms with E-state index in [1.807, 2.05) is 0 Å². The van der Waals surface area contributed by atoms with Crippen LogP contribution < -0.4 is 4.74 Å². The average molecular weight is 232 g/mol. The van der Waals surface area contributed by atoms with Gasteiger partial charge in [0.05, 0.1) is 5.56 Å². The van der Waals surface area contributed by atoms with E-state index < -0.39 is 6.10 Å². The molecule has 0 fully saturated rings. The van der Waals surface area contributed by atoms with Crippen LogP contribution in [0.1, 0.15) is 22.8 Å². The number of hydrogen-bond donors (Lipinski definition) is 1. The van der Waals surface area contributed by atoms with E-state index in [4.69, 9.17) is 4.74 Å². The Balaban J connectivity index is 2.36. The van der Waals surface area contributed by atoms with Crippen molar-refractivity contribution in [2.24, 2.45) is 0 Å². The molecule has 4 nitrogen and oxygen atoms in total. The van der Waals surface area contributed by atoms with E-state index in [1.54, 1.807) is 0 Å². The van der Waals surface area contributed by atoms with Gasteiger partial charge < -0.3 is 9.84 Å². The summed E-state index contributed by atoms with van der Waals surface area (Å²) in [4.78, 5) is 21.9. The van der Waals surface area contributed by atoms with E-state index >= 15 is 0 Å². The molecule has 1 unspecified atom stereocenters. The standard InChI is InChI=1S/C13H12O4/c1-7(6-14)12-4-9-3-11(16)10(8(2)15)5-13(9)17-12/h3,5-6,12,16H,1,4H2,2H3. The first-order valence-electron chi connectivity index (χ1n) is 5.20. The van der Waals surface area contributed by atoms with Gasteiger partial charge >= 0.3 is 0 Å². The maximum Gasteiger partial charge on any atom is 0.163 e. The fraction of sp³-hybridized carbons (Fsp3) is 0.231. The Hall–Kier alpha value is -2.10. The number of phenolic OH excluding ortho intramolecular Hbond substituents is 1. The molecule has 0 saturated heterocycles. The predicted octanol–water partition coefficient (Wildman–Crippen LogP) is 1.65. The summed E-state index contributed by atoms with van der Waals surface area (Å²) in [5, 5.41) is 9.66. The summed E-state index contributed by atoms with van der Waals surface area (Å²) >= 11 is 0. The normalized spacial score (nSPS) is 17.1. The number of hydrogen-bond acceptors (Lipinski definition) is 4. The summed E-state index contributed by atoms with van der Waals surface area (Å²) in [7, 11) is 0. The van der Waals surface area contributed by atoms with Crippen LogP contribution in [-0.4, -0.2) is 23.3 Å². The minimum atomic E-state index is -0.399. The summed E-state index contributed by atoms with van der Waals surface area (Å²) in [5.74, 6) is 0.241. The molecule has 2 rings (SSSR count). The number of carbonyl (C=O) groups is 2. The van der Waals surface area contributed by atoms with E-state index in [0.717, 1.165) is 5.56 Å². The van der Waals surface area contributed by atoms with Crippen LogP contribution >= 0.6 is 0 Å². The van der Waals surface area contributed by atoms with Crippen molar-refractivity contribution in [1.82, 2.24) is 0 Å². The first-order valence-corrected chi connectivity index (χ1v) is 5.20. The molecule has 17 heavy (non-hydrogen) atoms. The van der Waals surface area contributed by atoms with Gasteiger partial charge in [0.15, 0.2) is 5.78 Å². The van der Waals surface area contributed by atoms with Crippen molar-refractivity contribution in [2.45, 2.75) is 19.4 Å². The molecular weight excluding hydrogens is 220 g/mol. The Morgan fingerprint density at radius 3 is 2.88 bits per heavy atom. The van der Waals surface area contributed by atoms with E-state index in [0.29, 0.717) is 24.0 Å². The molecule has 1 atom stereocenters. The zero-order valence-corrected chi connectivity index (χ0v) is 9.40. The van der Waals surface area contributed by atoms with Gasteiger partial charge in [-0.1, -0.05) is 6.58 Å². The molecule has 1 aliphatic rings. The topological polar surface area (TPSA) is 63.6 Å². The molecular formula is C13H12O4. The SMILES string of the molecule is C=C(C=O)C1Cc2cc(O)c(C(C)=O)cc2O1. The first-order chi connectivity index (χ1) is 8.02. The molecule has 0 radical (unpaired) electrons. The second-order valence-corrected chi connectivity index (χ2v) is 4.04. The lowest BCUT2D eigenvalue weighted by Crippen LogP contribution is -2.16. The van der Waals surface area contributed by atoms with Crippen LogP contribution in [0, 0.1) is 0 Å². The van der Waals surface area contributed by atoms with Gasteiger partial charge in [-0.05, 0) is 19.1 Å². The van der Waals surface area contributed by atoms with Gasteiger partial charge in [-0.25, -0.2) is 0 Å². The predicted molar refractivity (Wildman–Crippen MR) is 61.4 cm³/mol. The molecule has 1 aliphatic heterocycles. The lowest BCUT2D eigenvalue weighted by molar-refractivity contribution is -0.105. The molecule has 0 aliphatic carbocycles. The highest BCUT2D eigenvalue weighted by Gasteiger charge is 2.27. The highest BCUT2D eigenvalue weighted by atomic mass is 16.5. The number of fused-ring (bicyclic) bond motifs is 1. The number of aldehydes is 1. The third kappa shape index (κ3) is 1.93. The van der Waals surface area contributed by atoms with Gasteiger partial charge in [0.2, 0.25) is 0 Å². The zero-order valence-electron chi connectivity index (χ0n) is 9.40. The van der Waals surface area contributed by atoms with Crippen LogP contribution in [0.5, 0.6) is 11.5 Å². The molecule has 0 aromatic heterocycles. The molecule has 4 heteroatoms. The number of ether oxygens (including phenoxy) is 1. The number of Topliss-reactive ketones (excluding diaryl/α,β-unsaturated/α-hetero) is 1. The summed E-state index contributed by atoms with van der Waals surface area (Å²) in [6.45, 7) is 4.97. The van der Waals surface area contributed by atoms with Crippen LogP contribution in [0.15, 0.2) is 24.3 Å². The minimum absolute atomic E-state index is 0.0581. The Labute approximate surface area is 98.5 Å². The average Bonchev–Trinajstić information content (AvgIpc) is 2.69. The lowest BCUT2D eigenvalue weighted by Gasteiger charge is -2.08. The van der Waals surface area contributed by atoms with Gasteiger partial charge in [-0.3, -0.25) is 9.59 Å². The molecule has 1 heterocycles. The van der Waals surface area contributed by atoms with Crippen molar-refractivity contribution < 1.29 is 19.4 Å². The number of rotatable bonds is 3. The molecule has 0 bridgehead atoms. The summed E-state index contributed by atoms with van der Waals surface area (Å²) in [5.41, 5.74) is 1.35. The van der Waals surface area contributed by atoms with Crippen LogP contribution in [0.2, 0.25) is 0 Å². The van der Waals surface area contributed by atoms with Crippen molar-refractivity contribution in [3.05, 3.63) is 35.4 Å². The molecule has 1 aromatic rings. The second kappa shape index (κ2) is 4.05. The van der Waals surface area contributed by atoms with Crippen LogP contribution in [-0.2, 0) is 11.2 Å². The Morgan fingerprint density at radius 2 is 2.29 bits per heavy atom. The van der Waals surface area contributed by atoms with Gasteiger partial charge in [0.1, 0.15) is 23.9 Å². The van der Waals surface area contributed by atoms with E-state index in [-0.39, 0.29) is 17.1 Å². The van der Waals surface area contributed by atoms with Crippen molar-refractivity contribution in [3.63, 3.8) is 0 Å². The Kier molecular flexibility index (Phi) is 2.71. The monoisotopic (exact) mass is 232 g/mol. The number of aromatic hydroxyl groups is 1. The second-order valence-electron chi connectivity index (χ2n) is 4.04. The summed E-state index contributed by atoms with van der Waals surface area (Å²) in [6.07, 6.45) is 0.741. The minimum Gasteiger partial charge on any atom is -0.507 e. The van der Waals surface area contributed by atoms with Gasteiger partial charge in [0.25, 0.3) is 0 Å². The molecule has 0 saturated carbocycles. The lowest BCUT2D eigenvalue weighted by atomic mass is 10.0. The highest BCUT2D eigenvalue weighted by molar-refractivity contribution is 5.97. The maximum atomic E-state index is 11.2. The van der Waals surface area contributed by atoms with Crippen LogP contribution in [0.3, 0.4) is 0 Å². The Morgan fingerprint density at radius 1 is 1.59 bits per heavy atom. The van der Waals surface area contributed by atoms with Gasteiger partial charge in [0, 0.05) is 17.6 Å². The zero-order chi connectivity index (χ0) is 12.6. The fourth-order valence-corrected chi connectivity index (χ4v) is 1.84. The number of benzene rings is 1. The van der Waals surface area contributed by atoms with E-state index in [2.05, 4.69) is 6.58 Å². The number of ketones is 1. The van der Waals surface area contributed by atoms with Gasteiger partial charge in [-0.2, -0.15) is 0 Å². The third-order valence-electron chi connectivity index (χ3n) is 2.80. The number of carbonyl (C=O) groups excluding carboxylic acids is 2. The molecule has 0 amide bonds. The molecule has 1 aromatic carbocycles. The van der Waals surface area contributed by atoms with Crippen LogP contribution in [0.25, 0.3) is 0 Å². The van der Waals surface area contributed by atoms with E-state index in [9.17, 15) is 14.7 Å². The summed E-state index contributed by atoms with van der Waals surface area (Å²) < 4.78 is 5.51. The van der Waals surface area contributed by atoms with Crippen molar-refractivity contribution in [3.8, 4) is 11.5 Å². The Bertz CT molecular complexity index is 516. The van der Waals surface area contributed by atoms with Crippen molar-refractivity contribution in [2.75, 3.05) is 0 Å². The molecule has 0 spiro atoms. The fourth-order valence-electron chi connectivity index (χ4n) is 1.84.